The van der Waals surface area contributed by atoms with Crippen LogP contribution < -0.4 is 5.32 Å². The molecular weight excluding hydrogens is 462 g/mol. The molecule has 7 nitrogen and oxygen atoms in total. The fourth-order valence-corrected chi connectivity index (χ4v) is 6.13. The lowest BCUT2D eigenvalue weighted by atomic mass is 9.98. The number of para-hydroxylation sites is 1. The van der Waals surface area contributed by atoms with Crippen LogP contribution in [0.4, 0.5) is 5.69 Å². The molecule has 2 aromatic carbocycles. The molecule has 0 radical (unpaired) electrons. The van der Waals surface area contributed by atoms with Gasteiger partial charge in [-0.25, -0.2) is 8.42 Å². The highest BCUT2D eigenvalue weighted by Crippen LogP contribution is 2.30. The van der Waals surface area contributed by atoms with Crippen molar-refractivity contribution in [2.75, 3.05) is 18.4 Å². The Morgan fingerprint density at radius 3 is 2.63 bits per heavy atom. The summed E-state index contributed by atoms with van der Waals surface area (Å²) in [5.41, 5.74) is 5.17. The number of piperidine rings is 1. The summed E-state index contributed by atoms with van der Waals surface area (Å²) in [6.45, 7) is 8.02. The zero-order valence-electron chi connectivity index (χ0n) is 20.5. The predicted molar refractivity (Wildman–Crippen MR) is 137 cm³/mol. The van der Waals surface area contributed by atoms with E-state index in [4.69, 9.17) is 4.52 Å². The predicted octanol–water partition coefficient (Wildman–Crippen LogP) is 5.12. The topological polar surface area (TPSA) is 92.5 Å². The van der Waals surface area contributed by atoms with Crippen LogP contribution in [-0.2, 0) is 14.8 Å². The van der Waals surface area contributed by atoms with Crippen molar-refractivity contribution in [3.05, 3.63) is 76.2 Å². The second-order valence-electron chi connectivity index (χ2n) is 9.16. The molecule has 1 aliphatic rings. The van der Waals surface area contributed by atoms with Crippen molar-refractivity contribution in [1.29, 1.82) is 0 Å². The number of carbonyl (C=O) groups excluding carboxylic acids is 1. The van der Waals surface area contributed by atoms with Crippen molar-refractivity contribution in [3.8, 4) is 0 Å². The molecule has 0 spiro atoms. The molecular formula is C27H31N3O4S. The minimum absolute atomic E-state index is 0.0546. The SMILES string of the molecule is Cc1ccc(C)c(/C=C/c2onc(C)c2S(=O)(=O)N2CCCC(C(=O)Nc3ccccc3C)C2)c1. The number of aryl methyl sites for hydroxylation is 4. The highest BCUT2D eigenvalue weighted by molar-refractivity contribution is 7.89. The standard InChI is InChI=1S/C27H31N3O4S/c1-18-11-12-19(2)22(16-18)13-14-25-26(21(4)29-34-25)35(32,33)30-15-7-9-23(17-30)27(31)28-24-10-6-5-8-20(24)3/h5-6,8,10-14,16,23H,7,9,15,17H2,1-4H3,(H,28,31)/b14-13+. The second-order valence-corrected chi connectivity index (χ2v) is 11.0. The zero-order valence-corrected chi connectivity index (χ0v) is 21.4. The minimum Gasteiger partial charge on any atom is -0.355 e. The Hall–Kier alpha value is -3.23. The van der Waals surface area contributed by atoms with Crippen molar-refractivity contribution in [2.24, 2.45) is 5.92 Å². The second kappa shape index (κ2) is 10.2. The summed E-state index contributed by atoms with van der Waals surface area (Å²) in [5.74, 6) is -0.418. The van der Waals surface area contributed by atoms with Crippen LogP contribution in [0.15, 0.2) is 51.9 Å². The highest BCUT2D eigenvalue weighted by Gasteiger charge is 2.37. The number of nitrogens with zero attached hydrogens (tertiary/aromatic N) is 2. The zero-order chi connectivity index (χ0) is 25.2. The molecule has 1 aliphatic heterocycles. The van der Waals surface area contributed by atoms with Gasteiger partial charge in [-0.1, -0.05) is 53.2 Å². The van der Waals surface area contributed by atoms with Gasteiger partial charge in [0.25, 0.3) is 0 Å². The first-order valence-corrected chi connectivity index (χ1v) is 13.2. The van der Waals surface area contributed by atoms with E-state index in [2.05, 4.69) is 10.5 Å². The first kappa shape index (κ1) is 24.9. The lowest BCUT2D eigenvalue weighted by Gasteiger charge is -2.31. The summed E-state index contributed by atoms with van der Waals surface area (Å²) in [7, 11) is -3.90. The number of carbonyl (C=O) groups is 1. The van der Waals surface area contributed by atoms with E-state index in [1.807, 2.05) is 69.3 Å². The molecule has 1 amide bonds. The maximum atomic E-state index is 13.7. The number of anilines is 1. The summed E-state index contributed by atoms with van der Waals surface area (Å²) >= 11 is 0. The number of hydrogen-bond acceptors (Lipinski definition) is 5. The fraction of sp³-hybridized carbons (Fsp3) is 0.333. The Labute approximate surface area is 206 Å². The monoisotopic (exact) mass is 493 g/mol. The van der Waals surface area contributed by atoms with Gasteiger partial charge in [-0.05, 0) is 69.4 Å². The number of aromatic nitrogens is 1. The third-order valence-corrected chi connectivity index (χ3v) is 8.46. The quantitative estimate of drug-likeness (QED) is 0.515. The third kappa shape index (κ3) is 5.39. The number of amides is 1. The maximum absolute atomic E-state index is 13.7. The van der Waals surface area contributed by atoms with Crippen LogP contribution >= 0.6 is 0 Å². The lowest BCUT2D eigenvalue weighted by molar-refractivity contribution is -0.120. The van der Waals surface area contributed by atoms with E-state index in [-0.39, 0.29) is 23.1 Å². The molecule has 4 rings (SSSR count). The van der Waals surface area contributed by atoms with Crippen LogP contribution in [0.1, 0.15) is 46.5 Å². The molecule has 3 aromatic rings. The van der Waals surface area contributed by atoms with Crippen LogP contribution in [0.25, 0.3) is 12.2 Å². The normalized spacial score (nSPS) is 17.1. The summed E-state index contributed by atoms with van der Waals surface area (Å²) in [5, 5.41) is 6.89. The Kier molecular flexibility index (Phi) is 7.23. The molecule has 1 saturated heterocycles. The summed E-state index contributed by atoms with van der Waals surface area (Å²) < 4.78 is 34.1. The van der Waals surface area contributed by atoms with Gasteiger partial charge < -0.3 is 9.84 Å². The molecule has 8 heteroatoms. The molecule has 35 heavy (non-hydrogen) atoms. The molecule has 0 aliphatic carbocycles. The van der Waals surface area contributed by atoms with Gasteiger partial charge >= 0.3 is 0 Å². The average molecular weight is 494 g/mol. The van der Waals surface area contributed by atoms with Crippen LogP contribution in [-0.4, -0.2) is 36.9 Å². The van der Waals surface area contributed by atoms with Crippen LogP contribution in [0.2, 0.25) is 0 Å². The highest BCUT2D eigenvalue weighted by atomic mass is 32.2. The smallest absolute Gasteiger partial charge is 0.248 e. The minimum atomic E-state index is -3.90. The Balaban J connectivity index is 1.56. The van der Waals surface area contributed by atoms with E-state index in [0.29, 0.717) is 25.1 Å². The van der Waals surface area contributed by atoms with Crippen LogP contribution in [0, 0.1) is 33.6 Å². The van der Waals surface area contributed by atoms with Crippen LogP contribution in [0.3, 0.4) is 0 Å². The molecule has 184 valence electrons. The van der Waals surface area contributed by atoms with E-state index in [0.717, 1.165) is 27.9 Å². The molecule has 1 N–H and O–H groups in total. The maximum Gasteiger partial charge on any atom is 0.248 e. The number of sulfonamides is 1. The van der Waals surface area contributed by atoms with Gasteiger partial charge in [-0.3, -0.25) is 4.79 Å². The summed E-state index contributed by atoms with van der Waals surface area (Å²) in [4.78, 5) is 13.0. The summed E-state index contributed by atoms with van der Waals surface area (Å²) in [6.07, 6.45) is 4.73. The third-order valence-electron chi connectivity index (χ3n) is 6.44. The molecule has 1 fully saturated rings. The molecule has 1 aromatic heterocycles. The average Bonchev–Trinajstić information content (AvgIpc) is 3.22. The number of benzene rings is 2. The molecule has 0 bridgehead atoms. The van der Waals surface area contributed by atoms with Crippen molar-refractivity contribution in [1.82, 2.24) is 9.46 Å². The first-order chi connectivity index (χ1) is 16.7. The summed E-state index contributed by atoms with van der Waals surface area (Å²) in [6, 6.07) is 13.6. The van der Waals surface area contributed by atoms with Crippen molar-refractivity contribution in [3.63, 3.8) is 0 Å². The van der Waals surface area contributed by atoms with Gasteiger partial charge in [-0.15, -0.1) is 0 Å². The van der Waals surface area contributed by atoms with E-state index >= 15 is 0 Å². The van der Waals surface area contributed by atoms with Gasteiger partial charge in [0, 0.05) is 18.8 Å². The number of hydrogen-bond donors (Lipinski definition) is 1. The Morgan fingerprint density at radius 2 is 1.86 bits per heavy atom. The molecule has 1 atom stereocenters. The lowest BCUT2D eigenvalue weighted by Crippen LogP contribution is -2.44. The van der Waals surface area contributed by atoms with Crippen molar-refractivity contribution in [2.45, 2.75) is 45.4 Å². The van der Waals surface area contributed by atoms with Crippen molar-refractivity contribution >= 4 is 33.8 Å². The number of rotatable bonds is 6. The van der Waals surface area contributed by atoms with Gasteiger partial charge in [0.2, 0.25) is 15.9 Å². The van der Waals surface area contributed by atoms with E-state index in [9.17, 15) is 13.2 Å². The first-order valence-electron chi connectivity index (χ1n) is 11.7. The fourth-order valence-electron chi connectivity index (χ4n) is 4.36. The van der Waals surface area contributed by atoms with Gasteiger partial charge in [0.15, 0.2) is 10.7 Å². The Morgan fingerprint density at radius 1 is 1.09 bits per heavy atom. The molecule has 2 heterocycles. The Bertz CT molecular complexity index is 1370. The number of nitrogens with one attached hydrogen (secondary N) is 1. The van der Waals surface area contributed by atoms with E-state index < -0.39 is 15.9 Å². The van der Waals surface area contributed by atoms with E-state index in [1.165, 1.54) is 4.31 Å². The van der Waals surface area contributed by atoms with Gasteiger partial charge in [0.1, 0.15) is 5.69 Å². The molecule has 0 saturated carbocycles. The largest absolute Gasteiger partial charge is 0.355 e. The van der Waals surface area contributed by atoms with Crippen LogP contribution in [0.5, 0.6) is 0 Å². The van der Waals surface area contributed by atoms with Crippen molar-refractivity contribution < 1.29 is 17.7 Å². The van der Waals surface area contributed by atoms with Gasteiger partial charge in [-0.2, -0.15) is 4.31 Å². The van der Waals surface area contributed by atoms with E-state index in [1.54, 1.807) is 13.0 Å². The molecule has 1 unspecified atom stereocenters. The van der Waals surface area contributed by atoms with Gasteiger partial charge in [0.05, 0.1) is 5.92 Å².